The lowest BCUT2D eigenvalue weighted by Crippen LogP contribution is -2.40. The molecule has 0 aromatic heterocycles. The highest BCUT2D eigenvalue weighted by atomic mass is 16.5. The fourth-order valence-corrected chi connectivity index (χ4v) is 2.41. The van der Waals surface area contributed by atoms with Crippen LogP contribution in [0.15, 0.2) is 12.7 Å². The van der Waals surface area contributed by atoms with Gasteiger partial charge in [-0.05, 0) is 45.1 Å². The second-order valence-electron chi connectivity index (χ2n) is 4.86. The molecule has 2 atom stereocenters. The SMILES string of the molecule is C=CCCCCCC(NC)C(OC)C1CC1. The van der Waals surface area contributed by atoms with Crippen molar-refractivity contribution in [3.63, 3.8) is 0 Å². The van der Waals surface area contributed by atoms with E-state index in [1.807, 2.05) is 13.2 Å². The molecule has 0 radical (unpaired) electrons. The van der Waals surface area contributed by atoms with E-state index in [-0.39, 0.29) is 0 Å². The minimum atomic E-state index is 0.435. The molecule has 0 aromatic rings. The highest BCUT2D eigenvalue weighted by Crippen LogP contribution is 2.36. The fourth-order valence-electron chi connectivity index (χ4n) is 2.41. The lowest BCUT2D eigenvalue weighted by atomic mass is 9.99. The maximum atomic E-state index is 5.63. The molecule has 1 rings (SSSR count). The van der Waals surface area contributed by atoms with Gasteiger partial charge in [-0.1, -0.05) is 18.9 Å². The standard InChI is InChI=1S/C14H27NO/c1-4-5-6-7-8-9-13(15-2)14(16-3)12-10-11-12/h4,12-15H,1,5-11H2,2-3H3. The van der Waals surface area contributed by atoms with Gasteiger partial charge in [0.1, 0.15) is 0 Å². The monoisotopic (exact) mass is 225 g/mol. The Morgan fingerprint density at radius 2 is 2.12 bits per heavy atom. The number of hydrogen-bond donors (Lipinski definition) is 1. The van der Waals surface area contributed by atoms with Crippen LogP contribution in [-0.2, 0) is 4.74 Å². The van der Waals surface area contributed by atoms with Crippen LogP contribution in [0, 0.1) is 5.92 Å². The summed E-state index contributed by atoms with van der Waals surface area (Å²) in [6.45, 7) is 3.75. The third-order valence-corrected chi connectivity index (χ3v) is 3.55. The van der Waals surface area contributed by atoms with Crippen molar-refractivity contribution in [3.05, 3.63) is 12.7 Å². The number of unbranched alkanes of at least 4 members (excludes halogenated alkanes) is 3. The van der Waals surface area contributed by atoms with Gasteiger partial charge in [-0.15, -0.1) is 6.58 Å². The van der Waals surface area contributed by atoms with Crippen molar-refractivity contribution in [2.75, 3.05) is 14.2 Å². The highest BCUT2D eigenvalue weighted by Gasteiger charge is 2.35. The molecule has 1 saturated carbocycles. The average molecular weight is 225 g/mol. The fraction of sp³-hybridized carbons (Fsp3) is 0.857. The molecule has 0 amide bonds. The van der Waals surface area contributed by atoms with Crippen molar-refractivity contribution in [2.24, 2.45) is 5.92 Å². The molecule has 0 saturated heterocycles. The van der Waals surface area contributed by atoms with Crippen LogP contribution in [-0.4, -0.2) is 26.3 Å². The summed E-state index contributed by atoms with van der Waals surface area (Å²) in [5, 5.41) is 3.42. The topological polar surface area (TPSA) is 21.3 Å². The number of methoxy groups -OCH3 is 1. The number of nitrogens with one attached hydrogen (secondary N) is 1. The Balaban J connectivity index is 2.16. The molecule has 1 aliphatic carbocycles. The Kier molecular flexibility index (Phi) is 6.74. The second-order valence-corrected chi connectivity index (χ2v) is 4.86. The van der Waals surface area contributed by atoms with Crippen LogP contribution in [0.3, 0.4) is 0 Å². The molecule has 1 fully saturated rings. The minimum absolute atomic E-state index is 0.435. The van der Waals surface area contributed by atoms with Gasteiger partial charge in [0.05, 0.1) is 6.10 Å². The molecule has 0 heterocycles. The third kappa shape index (κ3) is 4.67. The van der Waals surface area contributed by atoms with Crippen LogP contribution in [0.5, 0.6) is 0 Å². The van der Waals surface area contributed by atoms with Gasteiger partial charge in [-0.2, -0.15) is 0 Å². The van der Waals surface area contributed by atoms with E-state index in [2.05, 4.69) is 18.9 Å². The van der Waals surface area contributed by atoms with E-state index in [4.69, 9.17) is 4.74 Å². The molecular formula is C14H27NO. The molecule has 16 heavy (non-hydrogen) atoms. The summed E-state index contributed by atoms with van der Waals surface area (Å²) >= 11 is 0. The lowest BCUT2D eigenvalue weighted by Gasteiger charge is -2.25. The van der Waals surface area contributed by atoms with Crippen LogP contribution in [0.25, 0.3) is 0 Å². The van der Waals surface area contributed by atoms with E-state index in [9.17, 15) is 0 Å². The number of hydrogen-bond acceptors (Lipinski definition) is 2. The summed E-state index contributed by atoms with van der Waals surface area (Å²) in [6, 6.07) is 0.543. The summed E-state index contributed by atoms with van der Waals surface area (Å²) < 4.78 is 5.63. The van der Waals surface area contributed by atoms with E-state index in [0.717, 1.165) is 12.3 Å². The van der Waals surface area contributed by atoms with Gasteiger partial charge in [0.2, 0.25) is 0 Å². The van der Waals surface area contributed by atoms with Crippen LogP contribution in [0.2, 0.25) is 0 Å². The third-order valence-electron chi connectivity index (χ3n) is 3.55. The van der Waals surface area contributed by atoms with Crippen molar-refractivity contribution < 1.29 is 4.74 Å². The predicted octanol–water partition coefficient (Wildman–Crippen LogP) is 3.14. The Morgan fingerprint density at radius 3 is 2.62 bits per heavy atom. The average Bonchev–Trinajstić information content (AvgIpc) is 3.11. The van der Waals surface area contributed by atoms with Crippen LogP contribution < -0.4 is 5.32 Å². The van der Waals surface area contributed by atoms with E-state index in [0.29, 0.717) is 12.1 Å². The molecule has 2 heteroatoms. The second kappa shape index (κ2) is 7.86. The van der Waals surface area contributed by atoms with Crippen molar-refractivity contribution in [1.82, 2.24) is 5.32 Å². The Labute approximate surface area is 100 Å². The first-order valence-electron chi connectivity index (χ1n) is 6.64. The van der Waals surface area contributed by atoms with Crippen molar-refractivity contribution in [3.8, 4) is 0 Å². The first-order valence-corrected chi connectivity index (χ1v) is 6.64. The quantitative estimate of drug-likeness (QED) is 0.455. The Morgan fingerprint density at radius 1 is 1.38 bits per heavy atom. The van der Waals surface area contributed by atoms with Gasteiger partial charge in [-0.25, -0.2) is 0 Å². The first kappa shape index (κ1) is 13.7. The van der Waals surface area contributed by atoms with E-state index in [1.54, 1.807) is 0 Å². The summed E-state index contributed by atoms with van der Waals surface area (Å²) in [4.78, 5) is 0. The Bertz CT molecular complexity index is 189. The maximum Gasteiger partial charge on any atom is 0.0752 e. The predicted molar refractivity (Wildman–Crippen MR) is 69.7 cm³/mol. The van der Waals surface area contributed by atoms with Crippen molar-refractivity contribution in [2.45, 2.75) is 57.1 Å². The first-order chi connectivity index (χ1) is 7.83. The molecule has 0 spiro atoms. The molecular weight excluding hydrogens is 198 g/mol. The summed E-state index contributed by atoms with van der Waals surface area (Å²) in [5.74, 6) is 0.815. The molecule has 1 N–H and O–H groups in total. The van der Waals surface area contributed by atoms with Crippen molar-refractivity contribution in [1.29, 1.82) is 0 Å². The van der Waals surface area contributed by atoms with Crippen LogP contribution >= 0.6 is 0 Å². The van der Waals surface area contributed by atoms with Gasteiger partial charge >= 0.3 is 0 Å². The normalized spacial score (nSPS) is 19.4. The smallest absolute Gasteiger partial charge is 0.0752 e. The molecule has 94 valence electrons. The number of likely N-dealkylation sites (N-methyl/N-ethyl adjacent to an activating group) is 1. The number of ether oxygens (including phenoxy) is 1. The van der Waals surface area contributed by atoms with Gasteiger partial charge in [0.25, 0.3) is 0 Å². The maximum absolute atomic E-state index is 5.63. The van der Waals surface area contributed by atoms with Gasteiger partial charge in [0.15, 0.2) is 0 Å². The van der Waals surface area contributed by atoms with E-state index >= 15 is 0 Å². The number of rotatable bonds is 10. The summed E-state index contributed by atoms with van der Waals surface area (Å²) in [6.07, 6.45) is 11.4. The van der Waals surface area contributed by atoms with Crippen LogP contribution in [0.1, 0.15) is 44.9 Å². The van der Waals surface area contributed by atoms with Gasteiger partial charge in [0, 0.05) is 13.2 Å². The highest BCUT2D eigenvalue weighted by molar-refractivity contribution is 4.89. The molecule has 1 aliphatic rings. The van der Waals surface area contributed by atoms with E-state index < -0.39 is 0 Å². The summed E-state index contributed by atoms with van der Waals surface area (Å²) in [5.41, 5.74) is 0. The molecule has 0 aromatic carbocycles. The Hall–Kier alpha value is -0.340. The molecule has 2 nitrogen and oxygen atoms in total. The molecule has 2 unspecified atom stereocenters. The largest absolute Gasteiger partial charge is 0.380 e. The molecule has 0 aliphatic heterocycles. The molecule has 0 bridgehead atoms. The zero-order valence-corrected chi connectivity index (χ0v) is 10.9. The van der Waals surface area contributed by atoms with Gasteiger partial charge < -0.3 is 10.1 Å². The van der Waals surface area contributed by atoms with Crippen molar-refractivity contribution >= 4 is 0 Å². The van der Waals surface area contributed by atoms with E-state index in [1.165, 1.54) is 38.5 Å². The zero-order valence-electron chi connectivity index (χ0n) is 10.9. The minimum Gasteiger partial charge on any atom is -0.380 e. The lowest BCUT2D eigenvalue weighted by molar-refractivity contribution is 0.0499. The van der Waals surface area contributed by atoms with Crippen LogP contribution in [0.4, 0.5) is 0 Å². The van der Waals surface area contributed by atoms with Gasteiger partial charge in [-0.3, -0.25) is 0 Å². The number of allylic oxidation sites excluding steroid dienone is 1. The zero-order chi connectivity index (χ0) is 11.8. The summed E-state index contributed by atoms with van der Waals surface area (Å²) in [7, 11) is 3.91.